The van der Waals surface area contributed by atoms with E-state index in [2.05, 4.69) is 0 Å². The van der Waals surface area contributed by atoms with Gasteiger partial charge in [0.15, 0.2) is 0 Å². The van der Waals surface area contributed by atoms with E-state index in [-0.39, 0.29) is 10.9 Å². The molecule has 7 heteroatoms. The minimum Gasteiger partial charge on any atom is -0.464 e. The Balaban J connectivity index is 0.000000231. The van der Waals surface area contributed by atoms with Gasteiger partial charge in [-0.1, -0.05) is 30.5 Å². The summed E-state index contributed by atoms with van der Waals surface area (Å²) >= 11 is 0. The number of carbonyl (C=O) groups excluding carboxylic acids is 1. The number of carbonyl (C=O) groups is 1. The summed E-state index contributed by atoms with van der Waals surface area (Å²) in [4.78, 5) is 10.9. The van der Waals surface area contributed by atoms with Crippen molar-refractivity contribution in [2.45, 2.75) is 50.5 Å². The molecule has 1 aromatic rings. The van der Waals surface area contributed by atoms with Crippen LogP contribution in [0.3, 0.4) is 0 Å². The van der Waals surface area contributed by atoms with Gasteiger partial charge in [-0.2, -0.15) is 8.42 Å². The zero-order valence-electron chi connectivity index (χ0n) is 13.6. The van der Waals surface area contributed by atoms with Crippen molar-refractivity contribution in [2.24, 2.45) is 11.7 Å². The molecule has 3 N–H and O–H groups in total. The fourth-order valence-corrected chi connectivity index (χ4v) is 2.70. The van der Waals surface area contributed by atoms with Crippen LogP contribution in [0.4, 0.5) is 0 Å². The van der Waals surface area contributed by atoms with Crippen molar-refractivity contribution in [3.05, 3.63) is 29.8 Å². The molecule has 0 aliphatic heterocycles. The molecule has 0 spiro atoms. The smallest absolute Gasteiger partial charge is 0.322 e. The molecular weight excluding hydrogens is 318 g/mol. The molecule has 1 fully saturated rings. The molecule has 1 aliphatic rings. The van der Waals surface area contributed by atoms with Gasteiger partial charge in [0.05, 0.1) is 11.5 Å². The molecule has 1 saturated carbocycles. The van der Waals surface area contributed by atoms with Gasteiger partial charge < -0.3 is 10.5 Å². The second kappa shape index (κ2) is 9.00. The van der Waals surface area contributed by atoms with Crippen molar-refractivity contribution >= 4 is 16.1 Å². The van der Waals surface area contributed by atoms with Gasteiger partial charge in [0.2, 0.25) is 0 Å². The Bertz CT molecular complexity index is 589. The van der Waals surface area contributed by atoms with Crippen molar-refractivity contribution in [2.75, 3.05) is 6.61 Å². The molecule has 23 heavy (non-hydrogen) atoms. The van der Waals surface area contributed by atoms with Crippen molar-refractivity contribution in [3.8, 4) is 0 Å². The van der Waals surface area contributed by atoms with Gasteiger partial charge in [0.1, 0.15) is 6.04 Å². The molecule has 0 heterocycles. The van der Waals surface area contributed by atoms with Crippen LogP contribution >= 0.6 is 0 Å². The van der Waals surface area contributed by atoms with E-state index in [0.717, 1.165) is 5.56 Å². The van der Waals surface area contributed by atoms with Gasteiger partial charge in [0.25, 0.3) is 10.1 Å². The third-order valence-electron chi connectivity index (χ3n) is 3.63. The Kier molecular flexibility index (Phi) is 7.67. The summed E-state index contributed by atoms with van der Waals surface area (Å²) in [6.45, 7) is 4.06. The average Bonchev–Trinajstić information content (AvgIpc) is 2.98. The maximum Gasteiger partial charge on any atom is 0.322 e. The monoisotopic (exact) mass is 343 g/mol. The minimum absolute atomic E-state index is 0.0666. The van der Waals surface area contributed by atoms with E-state index in [1.807, 2.05) is 6.92 Å². The SMILES string of the molecule is C[C@H](N)C(=O)OCC1CCCC1.Cc1ccc(S(=O)(=O)O)cc1. The first kappa shape index (κ1) is 19.6. The van der Waals surface area contributed by atoms with Crippen LogP contribution in [-0.4, -0.2) is 31.6 Å². The van der Waals surface area contributed by atoms with Gasteiger partial charge >= 0.3 is 5.97 Å². The normalized spacial score (nSPS) is 16.3. The van der Waals surface area contributed by atoms with Gasteiger partial charge in [0, 0.05) is 0 Å². The molecule has 0 amide bonds. The number of hydrogen-bond donors (Lipinski definition) is 2. The number of rotatable bonds is 4. The molecule has 0 unspecified atom stereocenters. The van der Waals surface area contributed by atoms with E-state index < -0.39 is 16.2 Å². The molecule has 0 aromatic heterocycles. The first-order valence-electron chi connectivity index (χ1n) is 7.66. The Hall–Kier alpha value is -1.44. The second-order valence-electron chi connectivity index (χ2n) is 5.86. The van der Waals surface area contributed by atoms with Crippen LogP contribution in [0.1, 0.15) is 38.2 Å². The summed E-state index contributed by atoms with van der Waals surface area (Å²) in [5.74, 6) is 0.314. The summed E-state index contributed by atoms with van der Waals surface area (Å²) in [7, 11) is -4.02. The van der Waals surface area contributed by atoms with Gasteiger partial charge in [-0.3, -0.25) is 9.35 Å². The number of esters is 1. The van der Waals surface area contributed by atoms with Crippen LogP contribution in [0.2, 0.25) is 0 Å². The molecule has 6 nitrogen and oxygen atoms in total. The summed E-state index contributed by atoms with van der Waals surface area (Å²) in [6.07, 6.45) is 4.96. The zero-order chi connectivity index (χ0) is 17.5. The van der Waals surface area contributed by atoms with E-state index >= 15 is 0 Å². The average molecular weight is 343 g/mol. The number of ether oxygens (including phenoxy) is 1. The van der Waals surface area contributed by atoms with Crippen molar-refractivity contribution in [1.29, 1.82) is 0 Å². The highest BCUT2D eigenvalue weighted by Crippen LogP contribution is 2.24. The minimum atomic E-state index is -4.02. The quantitative estimate of drug-likeness (QED) is 0.642. The maximum atomic E-state index is 11.0. The first-order chi connectivity index (χ1) is 10.7. The number of benzene rings is 1. The summed E-state index contributed by atoms with van der Waals surface area (Å²) in [6, 6.07) is 5.51. The van der Waals surface area contributed by atoms with Crippen LogP contribution in [0.5, 0.6) is 0 Å². The highest BCUT2D eigenvalue weighted by atomic mass is 32.2. The lowest BCUT2D eigenvalue weighted by molar-refractivity contribution is -0.146. The van der Waals surface area contributed by atoms with Gasteiger partial charge in [-0.15, -0.1) is 0 Å². The van der Waals surface area contributed by atoms with E-state index in [1.54, 1.807) is 19.1 Å². The standard InChI is InChI=1S/C9H17NO2.C7H8O3S/c1-7(10)9(11)12-6-8-4-2-3-5-8;1-6-2-4-7(5-3-6)11(8,9)10/h7-8H,2-6,10H2,1H3;2-5H,1H3,(H,8,9,10)/t7-;/m0./s1. The van der Waals surface area contributed by atoms with Crippen LogP contribution in [-0.2, 0) is 19.6 Å². The molecule has 130 valence electrons. The maximum absolute atomic E-state index is 11.0. The number of aryl methyl sites for hydroxylation is 1. The largest absolute Gasteiger partial charge is 0.464 e. The molecule has 1 aliphatic carbocycles. The third-order valence-corrected chi connectivity index (χ3v) is 4.49. The number of hydrogen-bond acceptors (Lipinski definition) is 5. The van der Waals surface area contributed by atoms with Gasteiger partial charge in [-0.25, -0.2) is 0 Å². The van der Waals surface area contributed by atoms with E-state index in [4.69, 9.17) is 15.0 Å². The summed E-state index contributed by atoms with van der Waals surface area (Å²) in [5, 5.41) is 0. The van der Waals surface area contributed by atoms with Crippen molar-refractivity contribution in [1.82, 2.24) is 0 Å². The predicted octanol–water partition coefficient (Wildman–Crippen LogP) is 2.31. The summed E-state index contributed by atoms with van der Waals surface area (Å²) in [5.41, 5.74) is 6.30. The highest BCUT2D eigenvalue weighted by Gasteiger charge is 2.17. The lowest BCUT2D eigenvalue weighted by Gasteiger charge is -2.11. The first-order valence-corrected chi connectivity index (χ1v) is 9.10. The molecule has 1 aromatic carbocycles. The fraction of sp³-hybridized carbons (Fsp3) is 0.562. The topological polar surface area (TPSA) is 107 Å². The van der Waals surface area contributed by atoms with Crippen LogP contribution < -0.4 is 5.73 Å². The molecular formula is C16H25NO5S. The van der Waals surface area contributed by atoms with Gasteiger partial charge in [-0.05, 0) is 44.7 Å². The molecule has 0 saturated heterocycles. The predicted molar refractivity (Wildman–Crippen MR) is 87.6 cm³/mol. The second-order valence-corrected chi connectivity index (χ2v) is 7.28. The summed E-state index contributed by atoms with van der Waals surface area (Å²) < 4.78 is 34.6. The Morgan fingerprint density at radius 2 is 1.83 bits per heavy atom. The molecule has 0 bridgehead atoms. The van der Waals surface area contributed by atoms with Crippen LogP contribution in [0, 0.1) is 12.8 Å². The lowest BCUT2D eigenvalue weighted by atomic mass is 10.1. The Labute approximate surface area is 137 Å². The molecule has 2 rings (SSSR count). The highest BCUT2D eigenvalue weighted by molar-refractivity contribution is 7.85. The van der Waals surface area contributed by atoms with Crippen molar-refractivity contribution < 1.29 is 22.5 Å². The fourth-order valence-electron chi connectivity index (χ4n) is 2.22. The van der Waals surface area contributed by atoms with E-state index in [1.165, 1.54) is 37.8 Å². The molecule has 1 atom stereocenters. The molecule has 0 radical (unpaired) electrons. The Morgan fingerprint density at radius 3 is 2.26 bits per heavy atom. The van der Waals surface area contributed by atoms with E-state index in [0.29, 0.717) is 12.5 Å². The lowest BCUT2D eigenvalue weighted by Crippen LogP contribution is -2.29. The van der Waals surface area contributed by atoms with Crippen molar-refractivity contribution in [3.63, 3.8) is 0 Å². The van der Waals surface area contributed by atoms with Crippen LogP contribution in [0.15, 0.2) is 29.2 Å². The van der Waals surface area contributed by atoms with E-state index in [9.17, 15) is 13.2 Å². The third kappa shape index (κ3) is 7.58. The number of nitrogens with two attached hydrogens (primary N) is 1. The zero-order valence-corrected chi connectivity index (χ0v) is 14.4. The Morgan fingerprint density at radius 1 is 1.30 bits per heavy atom. The van der Waals surface area contributed by atoms with Crippen LogP contribution in [0.25, 0.3) is 0 Å².